The van der Waals surface area contributed by atoms with Gasteiger partial charge in [0.15, 0.2) is 0 Å². The number of aryl methyl sites for hydroxylation is 3. The molecular weight excluding hydrogens is 370 g/mol. The minimum absolute atomic E-state index is 0.321. The van der Waals surface area contributed by atoms with Gasteiger partial charge in [0, 0.05) is 17.8 Å². The number of esters is 1. The van der Waals surface area contributed by atoms with Crippen molar-refractivity contribution in [3.63, 3.8) is 0 Å². The fraction of sp³-hybridized carbons (Fsp3) is 0.222. The lowest BCUT2D eigenvalue weighted by atomic mass is 9.86. The van der Waals surface area contributed by atoms with Gasteiger partial charge < -0.3 is 9.64 Å². The summed E-state index contributed by atoms with van der Waals surface area (Å²) >= 11 is 0. The van der Waals surface area contributed by atoms with Gasteiger partial charge in [-0.15, -0.1) is 0 Å². The third-order valence-corrected chi connectivity index (χ3v) is 6.12. The number of methoxy groups -OCH3 is 1. The number of para-hydroxylation sites is 1. The van der Waals surface area contributed by atoms with Crippen molar-refractivity contribution in [1.82, 2.24) is 0 Å². The first-order chi connectivity index (χ1) is 14.4. The van der Waals surface area contributed by atoms with E-state index in [1.807, 2.05) is 18.2 Å². The van der Waals surface area contributed by atoms with E-state index in [-0.39, 0.29) is 5.97 Å². The summed E-state index contributed by atoms with van der Waals surface area (Å²) in [7, 11) is 1.45. The molecule has 0 saturated heterocycles. The Kier molecular flexibility index (Phi) is 5.21. The van der Waals surface area contributed by atoms with Gasteiger partial charge in [-0.25, -0.2) is 4.79 Å². The Morgan fingerprint density at radius 3 is 2.17 bits per heavy atom. The fourth-order valence-corrected chi connectivity index (χ4v) is 4.27. The van der Waals surface area contributed by atoms with E-state index >= 15 is 0 Å². The minimum Gasteiger partial charge on any atom is -0.464 e. The number of nitrogens with zero attached hydrogens (tertiary/aromatic N) is 1. The Morgan fingerprint density at radius 2 is 1.50 bits per heavy atom. The summed E-state index contributed by atoms with van der Waals surface area (Å²) in [6.07, 6.45) is 0. The Balaban J connectivity index is 2.08. The van der Waals surface area contributed by atoms with Crippen molar-refractivity contribution in [2.75, 3.05) is 12.0 Å². The number of anilines is 1. The highest BCUT2D eigenvalue weighted by molar-refractivity contribution is 6.06. The van der Waals surface area contributed by atoms with Gasteiger partial charge in [0.25, 0.3) is 0 Å². The van der Waals surface area contributed by atoms with Gasteiger partial charge in [-0.05, 0) is 72.7 Å². The van der Waals surface area contributed by atoms with Crippen LogP contribution in [0.1, 0.15) is 38.9 Å². The molecule has 152 valence electrons. The highest BCUT2D eigenvalue weighted by Gasteiger charge is 2.32. The van der Waals surface area contributed by atoms with Crippen LogP contribution in [0.3, 0.4) is 0 Å². The smallest absolute Gasteiger partial charge is 0.355 e. The topological polar surface area (TPSA) is 29.5 Å². The lowest BCUT2D eigenvalue weighted by Gasteiger charge is -2.35. The van der Waals surface area contributed by atoms with Crippen molar-refractivity contribution in [2.45, 2.75) is 34.2 Å². The summed E-state index contributed by atoms with van der Waals surface area (Å²) in [6, 6.07) is 20.9. The van der Waals surface area contributed by atoms with E-state index in [2.05, 4.69) is 75.1 Å². The fourth-order valence-electron chi connectivity index (χ4n) is 4.27. The molecule has 1 heterocycles. The molecule has 1 aliphatic heterocycles. The molecule has 3 aromatic carbocycles. The molecule has 30 heavy (non-hydrogen) atoms. The van der Waals surface area contributed by atoms with Crippen LogP contribution in [0.25, 0.3) is 5.57 Å². The molecule has 1 aliphatic rings. The molecule has 0 atom stereocenters. The maximum Gasteiger partial charge on any atom is 0.355 e. The minimum atomic E-state index is -0.321. The number of fused-ring (bicyclic) bond motifs is 1. The van der Waals surface area contributed by atoms with Gasteiger partial charge in [-0.1, -0.05) is 54.6 Å². The number of benzene rings is 3. The van der Waals surface area contributed by atoms with E-state index in [9.17, 15) is 4.79 Å². The second-order valence-electron chi connectivity index (χ2n) is 7.98. The molecule has 0 N–H and O–H groups in total. The molecule has 0 fully saturated rings. The maximum atomic E-state index is 13.2. The van der Waals surface area contributed by atoms with Gasteiger partial charge >= 0.3 is 5.97 Å². The molecule has 0 bridgehead atoms. The van der Waals surface area contributed by atoms with E-state index in [0.29, 0.717) is 12.2 Å². The van der Waals surface area contributed by atoms with Gasteiger partial charge in [0.1, 0.15) is 5.70 Å². The molecule has 0 radical (unpaired) electrons. The highest BCUT2D eigenvalue weighted by Crippen LogP contribution is 2.40. The van der Waals surface area contributed by atoms with Gasteiger partial charge in [0.2, 0.25) is 0 Å². The SMILES string of the molecule is COC(=O)C1=C(c2cc(C)c(C)c(C)c2)c2ccccc2CN1c1ccccc1C. The number of rotatable bonds is 3. The summed E-state index contributed by atoms with van der Waals surface area (Å²) in [5.74, 6) is -0.321. The van der Waals surface area contributed by atoms with Crippen molar-refractivity contribution < 1.29 is 9.53 Å². The molecule has 3 heteroatoms. The molecule has 3 nitrogen and oxygen atoms in total. The Bertz CT molecular complexity index is 1150. The molecule has 0 unspecified atom stereocenters. The Hall–Kier alpha value is -3.33. The van der Waals surface area contributed by atoms with Crippen LogP contribution < -0.4 is 4.90 Å². The van der Waals surface area contributed by atoms with E-state index in [0.717, 1.165) is 28.0 Å². The van der Waals surface area contributed by atoms with Crippen LogP contribution in [0.15, 0.2) is 66.4 Å². The first kappa shape index (κ1) is 20.0. The van der Waals surface area contributed by atoms with Crippen molar-refractivity contribution in [1.29, 1.82) is 0 Å². The quantitative estimate of drug-likeness (QED) is 0.518. The van der Waals surface area contributed by atoms with Gasteiger partial charge in [-0.3, -0.25) is 0 Å². The first-order valence-corrected chi connectivity index (χ1v) is 10.2. The molecule has 3 aromatic rings. The zero-order valence-corrected chi connectivity index (χ0v) is 18.2. The van der Waals surface area contributed by atoms with Crippen LogP contribution in [-0.2, 0) is 16.1 Å². The number of hydrogen-bond acceptors (Lipinski definition) is 3. The predicted molar refractivity (Wildman–Crippen MR) is 122 cm³/mol. The number of hydrogen-bond donors (Lipinski definition) is 0. The molecular formula is C27H27NO2. The maximum absolute atomic E-state index is 13.2. The van der Waals surface area contributed by atoms with Crippen LogP contribution >= 0.6 is 0 Å². The third kappa shape index (κ3) is 3.30. The molecule has 4 rings (SSSR count). The zero-order valence-electron chi connectivity index (χ0n) is 18.2. The van der Waals surface area contributed by atoms with Crippen molar-refractivity contribution in [3.05, 3.63) is 105 Å². The van der Waals surface area contributed by atoms with Crippen LogP contribution in [0.4, 0.5) is 5.69 Å². The van der Waals surface area contributed by atoms with Crippen LogP contribution in [0.5, 0.6) is 0 Å². The van der Waals surface area contributed by atoms with Crippen LogP contribution in [-0.4, -0.2) is 13.1 Å². The third-order valence-electron chi connectivity index (χ3n) is 6.12. The van der Waals surface area contributed by atoms with Crippen LogP contribution in [0, 0.1) is 27.7 Å². The number of carbonyl (C=O) groups excluding carboxylic acids is 1. The average Bonchev–Trinajstić information content (AvgIpc) is 2.75. The lowest BCUT2D eigenvalue weighted by molar-refractivity contribution is -0.136. The van der Waals surface area contributed by atoms with E-state index in [4.69, 9.17) is 4.74 Å². The van der Waals surface area contributed by atoms with E-state index in [1.54, 1.807) is 0 Å². The molecule has 0 spiro atoms. The summed E-state index contributed by atoms with van der Waals surface area (Å²) in [4.78, 5) is 15.3. The largest absolute Gasteiger partial charge is 0.464 e. The van der Waals surface area contributed by atoms with Gasteiger partial charge in [-0.2, -0.15) is 0 Å². The lowest BCUT2D eigenvalue weighted by Crippen LogP contribution is -2.33. The van der Waals surface area contributed by atoms with E-state index < -0.39 is 0 Å². The van der Waals surface area contributed by atoms with Crippen molar-refractivity contribution >= 4 is 17.2 Å². The molecule has 0 aromatic heterocycles. The summed E-state index contributed by atoms with van der Waals surface area (Å²) in [5, 5.41) is 0. The average molecular weight is 398 g/mol. The monoisotopic (exact) mass is 397 g/mol. The number of carbonyl (C=O) groups is 1. The highest BCUT2D eigenvalue weighted by atomic mass is 16.5. The molecule has 0 saturated carbocycles. The molecule has 0 amide bonds. The zero-order chi connectivity index (χ0) is 21.4. The van der Waals surface area contributed by atoms with Crippen LogP contribution in [0.2, 0.25) is 0 Å². The predicted octanol–water partition coefficient (Wildman–Crippen LogP) is 5.87. The van der Waals surface area contributed by atoms with Crippen molar-refractivity contribution in [3.8, 4) is 0 Å². The Labute approximate surface area is 178 Å². The standard InChI is InChI=1S/C27H27NO2/c1-17-10-6-9-13-24(17)28-16-21-11-7-8-12-23(21)25(26(28)27(29)30-5)22-14-18(2)20(4)19(3)15-22/h6-15H,16H2,1-5H3. The number of ether oxygens (including phenoxy) is 1. The van der Waals surface area contributed by atoms with Gasteiger partial charge in [0.05, 0.1) is 7.11 Å². The first-order valence-electron chi connectivity index (χ1n) is 10.2. The summed E-state index contributed by atoms with van der Waals surface area (Å²) in [5.41, 5.74) is 10.7. The second kappa shape index (κ2) is 7.83. The second-order valence-corrected chi connectivity index (χ2v) is 7.98. The Morgan fingerprint density at radius 1 is 0.867 bits per heavy atom. The summed E-state index contributed by atoms with van der Waals surface area (Å²) < 4.78 is 5.29. The normalized spacial score (nSPS) is 13.3. The van der Waals surface area contributed by atoms with Crippen molar-refractivity contribution in [2.24, 2.45) is 0 Å². The van der Waals surface area contributed by atoms with E-state index in [1.165, 1.54) is 29.4 Å². The summed E-state index contributed by atoms with van der Waals surface area (Å²) in [6.45, 7) is 9.08. The molecule has 0 aliphatic carbocycles.